The Morgan fingerprint density at radius 1 is 0.971 bits per heavy atom. The van der Waals surface area contributed by atoms with Gasteiger partial charge in [-0.05, 0) is 53.9 Å². The third-order valence-corrected chi connectivity index (χ3v) is 7.53. The van der Waals surface area contributed by atoms with Gasteiger partial charge >= 0.3 is 12.1 Å². The molecule has 0 heterocycles. The van der Waals surface area contributed by atoms with Crippen molar-refractivity contribution < 1.29 is 29.1 Å². The number of aliphatic carboxylic acids is 1. The third-order valence-electron chi connectivity index (χ3n) is 7.53. The molecular formula is C27H30N2O6. The smallest absolute Gasteiger partial charge is 0.407 e. The number of carboxylic acids is 1. The van der Waals surface area contributed by atoms with Gasteiger partial charge in [0.2, 0.25) is 0 Å². The summed E-state index contributed by atoms with van der Waals surface area (Å²) in [4.78, 5) is 42.3. The minimum atomic E-state index is -1.08. The Labute approximate surface area is 204 Å². The van der Waals surface area contributed by atoms with E-state index in [9.17, 15) is 19.5 Å². The predicted molar refractivity (Wildman–Crippen MR) is 127 cm³/mol. The molecule has 0 bridgehead atoms. The SMILES string of the molecule is O=C(NCC1(C(=O)NOC(C(=O)O)C2CC2)CCCC1)OCC1c2ccccc2-c2ccccc21. The molecule has 3 aliphatic carbocycles. The van der Waals surface area contributed by atoms with Crippen molar-refractivity contribution in [2.24, 2.45) is 11.3 Å². The van der Waals surface area contributed by atoms with Crippen LogP contribution >= 0.6 is 0 Å². The highest BCUT2D eigenvalue weighted by molar-refractivity contribution is 5.83. The Hall–Kier alpha value is -3.39. The van der Waals surface area contributed by atoms with Crippen LogP contribution in [0, 0.1) is 11.3 Å². The Balaban J connectivity index is 1.18. The lowest BCUT2D eigenvalue weighted by molar-refractivity contribution is -0.166. The van der Waals surface area contributed by atoms with Crippen LogP contribution < -0.4 is 10.8 Å². The average Bonchev–Trinajstić information content (AvgIpc) is 3.48. The molecule has 0 aliphatic heterocycles. The van der Waals surface area contributed by atoms with Crippen molar-refractivity contribution >= 4 is 18.0 Å². The first-order chi connectivity index (χ1) is 17.0. The monoisotopic (exact) mass is 478 g/mol. The van der Waals surface area contributed by atoms with Gasteiger partial charge in [-0.25, -0.2) is 15.1 Å². The normalized spacial score (nSPS) is 18.9. The summed E-state index contributed by atoms with van der Waals surface area (Å²) in [5.74, 6) is -1.57. The first kappa shape index (κ1) is 23.4. The minimum absolute atomic E-state index is 0.0411. The van der Waals surface area contributed by atoms with E-state index in [1.54, 1.807) is 0 Å². The van der Waals surface area contributed by atoms with Crippen LogP contribution in [-0.4, -0.2) is 42.3 Å². The Morgan fingerprint density at radius 3 is 2.14 bits per heavy atom. The van der Waals surface area contributed by atoms with E-state index in [1.165, 1.54) is 0 Å². The summed E-state index contributed by atoms with van der Waals surface area (Å²) in [5.41, 5.74) is 6.12. The molecule has 184 valence electrons. The fraction of sp³-hybridized carbons (Fsp3) is 0.444. The van der Waals surface area contributed by atoms with Crippen LogP contribution in [0.1, 0.15) is 55.6 Å². The number of ether oxygens (including phenoxy) is 1. The fourth-order valence-electron chi connectivity index (χ4n) is 5.40. The highest BCUT2D eigenvalue weighted by Gasteiger charge is 2.44. The van der Waals surface area contributed by atoms with E-state index in [0.717, 1.165) is 47.9 Å². The number of alkyl carbamates (subject to hydrolysis) is 1. The molecule has 5 rings (SSSR count). The molecule has 35 heavy (non-hydrogen) atoms. The number of hydrogen-bond donors (Lipinski definition) is 3. The number of carboxylic acid groups (broad SMARTS) is 1. The number of hydroxylamine groups is 1. The van der Waals surface area contributed by atoms with Crippen molar-refractivity contribution in [3.63, 3.8) is 0 Å². The third kappa shape index (κ3) is 4.75. The van der Waals surface area contributed by atoms with E-state index in [2.05, 4.69) is 35.1 Å². The van der Waals surface area contributed by atoms with Crippen molar-refractivity contribution in [2.75, 3.05) is 13.2 Å². The first-order valence-corrected chi connectivity index (χ1v) is 12.3. The molecule has 0 aromatic heterocycles. The van der Waals surface area contributed by atoms with Gasteiger partial charge in [0, 0.05) is 12.5 Å². The van der Waals surface area contributed by atoms with E-state index in [1.807, 2.05) is 24.3 Å². The predicted octanol–water partition coefficient (Wildman–Crippen LogP) is 4.00. The zero-order valence-corrected chi connectivity index (χ0v) is 19.5. The van der Waals surface area contributed by atoms with Crippen LogP contribution in [0.5, 0.6) is 0 Å². The van der Waals surface area contributed by atoms with Gasteiger partial charge < -0.3 is 15.2 Å². The number of carbonyl (C=O) groups excluding carboxylic acids is 2. The molecule has 2 aromatic carbocycles. The number of nitrogens with one attached hydrogen (secondary N) is 2. The number of hydrogen-bond acceptors (Lipinski definition) is 5. The summed E-state index contributed by atoms with van der Waals surface area (Å²) < 4.78 is 5.60. The zero-order chi connectivity index (χ0) is 24.4. The van der Waals surface area contributed by atoms with Gasteiger partial charge in [0.05, 0.1) is 5.41 Å². The van der Waals surface area contributed by atoms with Gasteiger partial charge in [0.15, 0.2) is 6.10 Å². The zero-order valence-electron chi connectivity index (χ0n) is 19.5. The summed E-state index contributed by atoms with van der Waals surface area (Å²) >= 11 is 0. The molecular weight excluding hydrogens is 448 g/mol. The summed E-state index contributed by atoms with van der Waals surface area (Å²) in [6.07, 6.45) is 2.83. The van der Waals surface area contributed by atoms with Crippen LogP contribution in [0.2, 0.25) is 0 Å². The van der Waals surface area contributed by atoms with Crippen molar-refractivity contribution in [1.82, 2.24) is 10.8 Å². The Kier molecular flexibility index (Phi) is 6.47. The standard InChI is InChI=1S/C27H30N2O6/c30-24(31)23(17-11-12-17)35-29-25(32)27(13-5-6-14-27)16-28-26(33)34-15-22-20-9-3-1-7-18(20)19-8-2-4-10-21(19)22/h1-4,7-10,17,22-23H,5-6,11-16H2,(H,28,33)(H,29,32)(H,30,31). The summed E-state index contributed by atoms with van der Waals surface area (Å²) in [6.45, 7) is 0.309. The van der Waals surface area contributed by atoms with Gasteiger partial charge in [0.25, 0.3) is 5.91 Å². The molecule has 3 N–H and O–H groups in total. The molecule has 2 saturated carbocycles. The van der Waals surface area contributed by atoms with Gasteiger partial charge in [-0.3, -0.25) is 9.63 Å². The van der Waals surface area contributed by atoms with Crippen LogP contribution in [0.25, 0.3) is 11.1 Å². The van der Waals surface area contributed by atoms with Crippen molar-refractivity contribution in [2.45, 2.75) is 50.5 Å². The lowest BCUT2D eigenvalue weighted by Gasteiger charge is -2.28. The quantitative estimate of drug-likeness (QED) is 0.470. The molecule has 0 saturated heterocycles. The van der Waals surface area contributed by atoms with Crippen molar-refractivity contribution in [1.29, 1.82) is 0 Å². The number of rotatable bonds is 9. The van der Waals surface area contributed by atoms with E-state index < -0.39 is 23.6 Å². The van der Waals surface area contributed by atoms with E-state index >= 15 is 0 Å². The number of carbonyl (C=O) groups is 3. The highest BCUT2D eigenvalue weighted by atomic mass is 16.7. The maximum atomic E-state index is 13.0. The van der Waals surface area contributed by atoms with Crippen LogP contribution in [-0.2, 0) is 19.2 Å². The van der Waals surface area contributed by atoms with Gasteiger partial charge in [-0.15, -0.1) is 0 Å². The molecule has 0 radical (unpaired) electrons. The second-order valence-corrected chi connectivity index (χ2v) is 9.81. The number of amides is 2. The van der Waals surface area contributed by atoms with Gasteiger partial charge in [0.1, 0.15) is 6.61 Å². The first-order valence-electron chi connectivity index (χ1n) is 12.3. The lowest BCUT2D eigenvalue weighted by atomic mass is 9.85. The molecule has 1 unspecified atom stereocenters. The second kappa shape index (κ2) is 9.70. The van der Waals surface area contributed by atoms with Gasteiger partial charge in [-0.1, -0.05) is 61.4 Å². The highest BCUT2D eigenvalue weighted by Crippen LogP contribution is 2.44. The van der Waals surface area contributed by atoms with Crippen LogP contribution in [0.3, 0.4) is 0 Å². The molecule has 2 amide bonds. The summed E-state index contributed by atoms with van der Waals surface area (Å²) in [7, 11) is 0. The maximum Gasteiger partial charge on any atom is 0.407 e. The van der Waals surface area contributed by atoms with E-state index in [4.69, 9.17) is 9.57 Å². The topological polar surface area (TPSA) is 114 Å². The van der Waals surface area contributed by atoms with Crippen molar-refractivity contribution in [3.05, 3.63) is 59.7 Å². The number of fused-ring (bicyclic) bond motifs is 3. The van der Waals surface area contributed by atoms with Crippen LogP contribution in [0.4, 0.5) is 4.79 Å². The van der Waals surface area contributed by atoms with Crippen LogP contribution in [0.15, 0.2) is 48.5 Å². The van der Waals surface area contributed by atoms with Crippen molar-refractivity contribution in [3.8, 4) is 11.1 Å². The molecule has 3 aliphatic rings. The molecule has 1 atom stereocenters. The minimum Gasteiger partial charge on any atom is -0.479 e. The summed E-state index contributed by atoms with van der Waals surface area (Å²) in [6, 6.07) is 16.3. The molecule has 2 fully saturated rings. The second-order valence-electron chi connectivity index (χ2n) is 9.81. The number of benzene rings is 2. The Morgan fingerprint density at radius 2 is 1.57 bits per heavy atom. The lowest BCUT2D eigenvalue weighted by Crippen LogP contribution is -2.48. The summed E-state index contributed by atoms with van der Waals surface area (Å²) in [5, 5.41) is 12.1. The molecule has 8 nitrogen and oxygen atoms in total. The average molecular weight is 479 g/mol. The molecule has 8 heteroatoms. The maximum absolute atomic E-state index is 13.0. The van der Waals surface area contributed by atoms with E-state index in [-0.39, 0.29) is 30.9 Å². The van der Waals surface area contributed by atoms with E-state index in [0.29, 0.717) is 12.8 Å². The molecule has 2 aromatic rings. The largest absolute Gasteiger partial charge is 0.479 e. The van der Waals surface area contributed by atoms with Gasteiger partial charge in [-0.2, -0.15) is 0 Å². The Bertz CT molecular complexity index is 1080. The molecule has 0 spiro atoms. The fourth-order valence-corrected chi connectivity index (χ4v) is 5.40.